The summed E-state index contributed by atoms with van der Waals surface area (Å²) in [6.45, 7) is 8.54. The highest BCUT2D eigenvalue weighted by Gasteiger charge is 2.17. The summed E-state index contributed by atoms with van der Waals surface area (Å²) >= 11 is 0. The molecule has 0 radical (unpaired) electrons. The van der Waals surface area contributed by atoms with Crippen LogP contribution in [0, 0.1) is 27.7 Å². The Hall–Kier alpha value is -3.00. The number of aryl methyl sites for hydroxylation is 4. The van der Waals surface area contributed by atoms with Gasteiger partial charge in [0.1, 0.15) is 0 Å². The zero-order chi connectivity index (χ0) is 18.3. The van der Waals surface area contributed by atoms with E-state index in [1.807, 2.05) is 24.3 Å². The van der Waals surface area contributed by atoms with E-state index in [1.54, 1.807) is 0 Å². The van der Waals surface area contributed by atoms with E-state index in [4.69, 9.17) is 9.97 Å². The number of para-hydroxylation sites is 2. The van der Waals surface area contributed by atoms with Crippen LogP contribution in [-0.4, -0.2) is 9.97 Å². The zero-order valence-corrected chi connectivity index (χ0v) is 15.7. The fourth-order valence-electron chi connectivity index (χ4n) is 3.68. The van der Waals surface area contributed by atoms with Gasteiger partial charge in [0.25, 0.3) is 0 Å². The molecule has 0 aliphatic rings. The average molecular weight is 338 g/mol. The molecule has 0 spiro atoms. The lowest BCUT2D eigenvalue weighted by atomic mass is 9.95. The van der Waals surface area contributed by atoms with Crippen LogP contribution in [0.25, 0.3) is 33.5 Å². The minimum atomic E-state index is 0.927. The molecule has 26 heavy (non-hydrogen) atoms. The van der Waals surface area contributed by atoms with E-state index >= 15 is 0 Å². The molecule has 1 aromatic heterocycles. The molecule has 0 atom stereocenters. The van der Waals surface area contributed by atoms with Gasteiger partial charge in [-0.2, -0.15) is 0 Å². The van der Waals surface area contributed by atoms with E-state index in [0.29, 0.717) is 0 Å². The monoisotopic (exact) mass is 338 g/mol. The van der Waals surface area contributed by atoms with Crippen LogP contribution in [0.5, 0.6) is 0 Å². The van der Waals surface area contributed by atoms with Gasteiger partial charge in [-0.15, -0.1) is 0 Å². The summed E-state index contributed by atoms with van der Waals surface area (Å²) in [6, 6.07) is 21.1. The number of hydrogen-bond donors (Lipinski definition) is 0. The Kier molecular flexibility index (Phi) is 4.04. The first-order valence-corrected chi connectivity index (χ1v) is 8.95. The predicted octanol–water partition coefficient (Wildman–Crippen LogP) is 6.20. The predicted molar refractivity (Wildman–Crippen MR) is 109 cm³/mol. The molecule has 4 aromatic rings. The second-order valence-electron chi connectivity index (χ2n) is 7.05. The van der Waals surface area contributed by atoms with Crippen molar-refractivity contribution in [2.45, 2.75) is 27.7 Å². The Bertz CT molecular complexity index is 1090. The highest BCUT2D eigenvalue weighted by Crippen LogP contribution is 2.35. The normalized spacial score (nSPS) is 11.1. The highest BCUT2D eigenvalue weighted by atomic mass is 14.8. The Balaban J connectivity index is 2.11. The first-order valence-electron chi connectivity index (χ1n) is 8.95. The van der Waals surface area contributed by atoms with Crippen LogP contribution in [0.3, 0.4) is 0 Å². The topological polar surface area (TPSA) is 25.8 Å². The maximum Gasteiger partial charge on any atom is 0.0978 e. The second kappa shape index (κ2) is 6.38. The van der Waals surface area contributed by atoms with Gasteiger partial charge in [-0.3, -0.25) is 0 Å². The highest BCUT2D eigenvalue weighted by molar-refractivity contribution is 5.88. The van der Waals surface area contributed by atoms with Crippen molar-refractivity contribution in [3.8, 4) is 22.5 Å². The maximum atomic E-state index is 5.04. The van der Waals surface area contributed by atoms with Gasteiger partial charge in [-0.1, -0.05) is 47.5 Å². The maximum absolute atomic E-state index is 5.04. The van der Waals surface area contributed by atoms with Crippen LogP contribution >= 0.6 is 0 Å². The Morgan fingerprint density at radius 2 is 1.12 bits per heavy atom. The lowest BCUT2D eigenvalue weighted by Crippen LogP contribution is -1.99. The first-order chi connectivity index (χ1) is 12.5. The van der Waals surface area contributed by atoms with Crippen LogP contribution in [0.1, 0.15) is 22.3 Å². The smallest absolute Gasteiger partial charge is 0.0978 e. The SMILES string of the molecule is Cc1cc(C)cc(-c2nc3ccccc3nc2-c2c(C)cccc2C)c1. The summed E-state index contributed by atoms with van der Waals surface area (Å²) in [5, 5.41) is 0. The third kappa shape index (κ3) is 2.88. The summed E-state index contributed by atoms with van der Waals surface area (Å²) in [6.07, 6.45) is 0. The van der Waals surface area contributed by atoms with Gasteiger partial charge in [0.2, 0.25) is 0 Å². The molecule has 0 amide bonds. The van der Waals surface area contributed by atoms with Crippen molar-refractivity contribution in [2.24, 2.45) is 0 Å². The van der Waals surface area contributed by atoms with Crippen LogP contribution in [0.2, 0.25) is 0 Å². The minimum absolute atomic E-state index is 0.927. The summed E-state index contributed by atoms with van der Waals surface area (Å²) in [4.78, 5) is 10.1. The summed E-state index contributed by atoms with van der Waals surface area (Å²) < 4.78 is 0. The molecule has 0 aliphatic carbocycles. The van der Waals surface area contributed by atoms with Gasteiger partial charge in [0.15, 0.2) is 0 Å². The molecule has 0 fully saturated rings. The molecule has 3 aromatic carbocycles. The van der Waals surface area contributed by atoms with Gasteiger partial charge >= 0.3 is 0 Å². The number of fused-ring (bicyclic) bond motifs is 1. The summed E-state index contributed by atoms with van der Waals surface area (Å²) in [7, 11) is 0. The molecule has 0 saturated carbocycles. The lowest BCUT2D eigenvalue weighted by Gasteiger charge is -2.15. The van der Waals surface area contributed by atoms with Crippen LogP contribution < -0.4 is 0 Å². The number of hydrogen-bond acceptors (Lipinski definition) is 2. The molecule has 4 rings (SSSR count). The Labute approximate surface area is 154 Å². The second-order valence-corrected chi connectivity index (χ2v) is 7.05. The van der Waals surface area contributed by atoms with Crippen molar-refractivity contribution < 1.29 is 0 Å². The summed E-state index contributed by atoms with van der Waals surface area (Å²) in [5.41, 5.74) is 11.0. The van der Waals surface area contributed by atoms with Crippen LogP contribution in [-0.2, 0) is 0 Å². The fraction of sp³-hybridized carbons (Fsp3) is 0.167. The molecular formula is C24H22N2. The zero-order valence-electron chi connectivity index (χ0n) is 15.7. The van der Waals surface area contributed by atoms with E-state index in [2.05, 4.69) is 64.1 Å². The molecule has 2 nitrogen and oxygen atoms in total. The third-order valence-electron chi connectivity index (χ3n) is 4.78. The van der Waals surface area contributed by atoms with Gasteiger partial charge in [0, 0.05) is 11.1 Å². The van der Waals surface area contributed by atoms with E-state index in [-0.39, 0.29) is 0 Å². The van der Waals surface area contributed by atoms with Crippen molar-refractivity contribution in [3.05, 3.63) is 82.9 Å². The van der Waals surface area contributed by atoms with Gasteiger partial charge in [-0.05, 0) is 63.1 Å². The van der Waals surface area contributed by atoms with Gasteiger partial charge in [0.05, 0.1) is 22.4 Å². The van der Waals surface area contributed by atoms with Gasteiger partial charge < -0.3 is 0 Å². The molecule has 0 saturated heterocycles. The molecule has 2 heteroatoms. The fourth-order valence-corrected chi connectivity index (χ4v) is 3.68. The molecule has 0 bridgehead atoms. The van der Waals surface area contributed by atoms with Crippen molar-refractivity contribution in [1.82, 2.24) is 9.97 Å². The van der Waals surface area contributed by atoms with Crippen molar-refractivity contribution in [1.29, 1.82) is 0 Å². The van der Waals surface area contributed by atoms with E-state index in [1.165, 1.54) is 27.8 Å². The van der Waals surface area contributed by atoms with Crippen molar-refractivity contribution in [3.63, 3.8) is 0 Å². The standard InChI is InChI=1S/C24H22N2/c1-15-12-16(2)14-19(13-15)23-24(22-17(3)8-7-9-18(22)4)26-21-11-6-5-10-20(21)25-23/h5-14H,1-4H3. The van der Waals surface area contributed by atoms with Crippen LogP contribution in [0.4, 0.5) is 0 Å². The quantitative estimate of drug-likeness (QED) is 0.435. The van der Waals surface area contributed by atoms with E-state index in [0.717, 1.165) is 28.0 Å². The Morgan fingerprint density at radius 3 is 1.69 bits per heavy atom. The average Bonchev–Trinajstić information content (AvgIpc) is 2.60. The molecule has 0 aliphatic heterocycles. The third-order valence-corrected chi connectivity index (χ3v) is 4.78. The Morgan fingerprint density at radius 1 is 0.577 bits per heavy atom. The molecule has 0 unspecified atom stereocenters. The van der Waals surface area contributed by atoms with Gasteiger partial charge in [-0.25, -0.2) is 9.97 Å². The largest absolute Gasteiger partial charge is 0.244 e. The van der Waals surface area contributed by atoms with E-state index in [9.17, 15) is 0 Å². The molecule has 128 valence electrons. The molecular weight excluding hydrogens is 316 g/mol. The lowest BCUT2D eigenvalue weighted by molar-refractivity contribution is 1.25. The summed E-state index contributed by atoms with van der Waals surface area (Å²) in [5.74, 6) is 0. The molecule has 1 heterocycles. The number of rotatable bonds is 2. The first kappa shape index (κ1) is 16.5. The molecule has 0 N–H and O–H groups in total. The van der Waals surface area contributed by atoms with E-state index < -0.39 is 0 Å². The van der Waals surface area contributed by atoms with Crippen molar-refractivity contribution in [2.75, 3.05) is 0 Å². The number of aromatic nitrogens is 2. The van der Waals surface area contributed by atoms with Crippen LogP contribution in [0.15, 0.2) is 60.7 Å². The number of nitrogens with zero attached hydrogens (tertiary/aromatic N) is 2. The number of benzene rings is 3. The minimum Gasteiger partial charge on any atom is -0.244 e. The van der Waals surface area contributed by atoms with Crippen molar-refractivity contribution >= 4 is 11.0 Å².